The smallest absolute Gasteiger partial charge is 0.289 e. The molecule has 1 aliphatic rings. The van der Waals surface area contributed by atoms with Gasteiger partial charge in [0, 0.05) is 24.4 Å². The van der Waals surface area contributed by atoms with Crippen molar-refractivity contribution in [1.29, 1.82) is 0 Å². The predicted octanol–water partition coefficient (Wildman–Crippen LogP) is 3.62. The third-order valence-electron chi connectivity index (χ3n) is 3.21. The van der Waals surface area contributed by atoms with Gasteiger partial charge in [-0.1, -0.05) is 11.6 Å². The average molecular weight is 285 g/mol. The van der Waals surface area contributed by atoms with Crippen LogP contribution in [-0.2, 0) is 4.74 Å². The SMILES string of the molecule is CC1(C)CC(Nc2ccc(Cl)c([N+](=O)[O-])c2)CCO1. The third-order valence-corrected chi connectivity index (χ3v) is 3.53. The Labute approximate surface area is 117 Å². The molecule has 19 heavy (non-hydrogen) atoms. The molecule has 0 radical (unpaired) electrons. The van der Waals surface area contributed by atoms with Crippen molar-refractivity contribution >= 4 is 23.0 Å². The monoisotopic (exact) mass is 284 g/mol. The van der Waals surface area contributed by atoms with Crippen LogP contribution >= 0.6 is 11.6 Å². The number of nitro benzene ring substituents is 1. The molecule has 0 bridgehead atoms. The summed E-state index contributed by atoms with van der Waals surface area (Å²) < 4.78 is 5.64. The number of halogens is 1. The first-order chi connectivity index (χ1) is 8.87. The topological polar surface area (TPSA) is 64.4 Å². The Balaban J connectivity index is 2.11. The lowest BCUT2D eigenvalue weighted by Crippen LogP contribution is -2.40. The second-order valence-corrected chi connectivity index (χ2v) is 5.77. The second-order valence-electron chi connectivity index (χ2n) is 5.37. The molecule has 104 valence electrons. The van der Waals surface area contributed by atoms with E-state index >= 15 is 0 Å². The molecule has 1 unspecified atom stereocenters. The van der Waals surface area contributed by atoms with E-state index in [0.717, 1.165) is 18.5 Å². The van der Waals surface area contributed by atoms with Crippen molar-refractivity contribution in [2.45, 2.75) is 38.3 Å². The van der Waals surface area contributed by atoms with Gasteiger partial charge in [0.25, 0.3) is 5.69 Å². The van der Waals surface area contributed by atoms with Crippen molar-refractivity contribution in [3.63, 3.8) is 0 Å². The largest absolute Gasteiger partial charge is 0.382 e. The van der Waals surface area contributed by atoms with E-state index in [1.54, 1.807) is 12.1 Å². The Bertz CT molecular complexity index is 491. The maximum absolute atomic E-state index is 10.8. The number of hydrogen-bond acceptors (Lipinski definition) is 4. The molecular weight excluding hydrogens is 268 g/mol. The molecule has 0 spiro atoms. The zero-order valence-electron chi connectivity index (χ0n) is 11.0. The molecule has 1 heterocycles. The van der Waals surface area contributed by atoms with E-state index < -0.39 is 4.92 Å². The Morgan fingerprint density at radius 2 is 2.26 bits per heavy atom. The van der Waals surface area contributed by atoms with Crippen LogP contribution in [0.25, 0.3) is 0 Å². The minimum Gasteiger partial charge on any atom is -0.382 e. The zero-order chi connectivity index (χ0) is 14.0. The molecule has 0 saturated carbocycles. The van der Waals surface area contributed by atoms with Crippen LogP contribution in [-0.4, -0.2) is 23.2 Å². The summed E-state index contributed by atoms with van der Waals surface area (Å²) in [5.74, 6) is 0. The van der Waals surface area contributed by atoms with Crippen molar-refractivity contribution in [3.8, 4) is 0 Å². The quantitative estimate of drug-likeness (QED) is 0.680. The molecule has 1 aliphatic heterocycles. The van der Waals surface area contributed by atoms with Crippen LogP contribution in [0.2, 0.25) is 5.02 Å². The molecule has 1 fully saturated rings. The van der Waals surface area contributed by atoms with E-state index in [4.69, 9.17) is 16.3 Å². The summed E-state index contributed by atoms with van der Waals surface area (Å²) in [5.41, 5.74) is 0.491. The van der Waals surface area contributed by atoms with Gasteiger partial charge in [-0.25, -0.2) is 0 Å². The van der Waals surface area contributed by atoms with Crippen LogP contribution in [0.1, 0.15) is 26.7 Å². The molecule has 0 aliphatic carbocycles. The summed E-state index contributed by atoms with van der Waals surface area (Å²) in [4.78, 5) is 10.4. The van der Waals surface area contributed by atoms with Gasteiger partial charge >= 0.3 is 0 Å². The summed E-state index contributed by atoms with van der Waals surface area (Å²) in [6, 6.07) is 5.04. The molecule has 2 rings (SSSR count). The predicted molar refractivity (Wildman–Crippen MR) is 74.8 cm³/mol. The number of anilines is 1. The highest BCUT2D eigenvalue weighted by Gasteiger charge is 2.29. The van der Waals surface area contributed by atoms with Gasteiger partial charge in [-0.05, 0) is 38.8 Å². The Morgan fingerprint density at radius 1 is 1.53 bits per heavy atom. The lowest BCUT2D eigenvalue weighted by atomic mass is 9.94. The van der Waals surface area contributed by atoms with Crippen LogP contribution in [0.3, 0.4) is 0 Å². The standard InChI is InChI=1S/C13H17ClN2O3/c1-13(2)8-10(5-6-19-13)15-9-3-4-11(14)12(7-9)16(17)18/h3-4,7,10,15H,5-6,8H2,1-2H3. The summed E-state index contributed by atoms with van der Waals surface area (Å²) in [7, 11) is 0. The van der Waals surface area contributed by atoms with Gasteiger partial charge in [-0.15, -0.1) is 0 Å². The van der Waals surface area contributed by atoms with Crippen LogP contribution in [0, 0.1) is 10.1 Å². The highest BCUT2D eigenvalue weighted by molar-refractivity contribution is 6.32. The molecule has 0 amide bonds. The number of nitrogens with one attached hydrogen (secondary N) is 1. The van der Waals surface area contributed by atoms with Crippen molar-refractivity contribution in [3.05, 3.63) is 33.3 Å². The van der Waals surface area contributed by atoms with Gasteiger partial charge in [-0.2, -0.15) is 0 Å². The fraction of sp³-hybridized carbons (Fsp3) is 0.538. The molecule has 1 atom stereocenters. The fourth-order valence-corrected chi connectivity index (χ4v) is 2.52. The molecule has 1 aromatic carbocycles. The highest BCUT2D eigenvalue weighted by Crippen LogP contribution is 2.30. The molecule has 6 heteroatoms. The summed E-state index contributed by atoms with van der Waals surface area (Å²) in [6.07, 6.45) is 1.75. The van der Waals surface area contributed by atoms with Gasteiger partial charge in [0.2, 0.25) is 0 Å². The first-order valence-corrected chi connectivity index (χ1v) is 6.60. The second kappa shape index (κ2) is 5.35. The number of hydrogen-bond donors (Lipinski definition) is 1. The molecule has 1 N–H and O–H groups in total. The summed E-state index contributed by atoms with van der Waals surface area (Å²) >= 11 is 5.79. The number of nitrogens with zero attached hydrogens (tertiary/aromatic N) is 1. The van der Waals surface area contributed by atoms with Crippen molar-refractivity contribution in [1.82, 2.24) is 0 Å². The normalized spacial score (nSPS) is 21.9. The van der Waals surface area contributed by atoms with Crippen LogP contribution in [0.5, 0.6) is 0 Å². The van der Waals surface area contributed by atoms with Crippen LogP contribution in [0.15, 0.2) is 18.2 Å². The van der Waals surface area contributed by atoms with Crippen molar-refractivity contribution in [2.75, 3.05) is 11.9 Å². The Morgan fingerprint density at radius 3 is 2.89 bits per heavy atom. The van der Waals surface area contributed by atoms with E-state index in [0.29, 0.717) is 6.61 Å². The van der Waals surface area contributed by atoms with E-state index in [1.165, 1.54) is 6.07 Å². The average Bonchev–Trinajstić information content (AvgIpc) is 2.30. The molecule has 1 aromatic rings. The fourth-order valence-electron chi connectivity index (χ4n) is 2.33. The minimum atomic E-state index is -0.471. The van der Waals surface area contributed by atoms with E-state index in [9.17, 15) is 10.1 Å². The van der Waals surface area contributed by atoms with Crippen LogP contribution in [0.4, 0.5) is 11.4 Å². The molecule has 1 saturated heterocycles. The highest BCUT2D eigenvalue weighted by atomic mass is 35.5. The first kappa shape index (κ1) is 14.1. The lowest BCUT2D eigenvalue weighted by molar-refractivity contribution is -0.384. The number of rotatable bonds is 3. The van der Waals surface area contributed by atoms with Gasteiger partial charge in [0.05, 0.1) is 10.5 Å². The van der Waals surface area contributed by atoms with E-state index in [2.05, 4.69) is 5.32 Å². The maximum Gasteiger partial charge on any atom is 0.289 e. The Kier molecular flexibility index (Phi) is 3.96. The molecule has 0 aromatic heterocycles. The number of ether oxygens (including phenoxy) is 1. The summed E-state index contributed by atoms with van der Waals surface area (Å²) in [6.45, 7) is 4.79. The van der Waals surface area contributed by atoms with Gasteiger partial charge in [0.15, 0.2) is 0 Å². The van der Waals surface area contributed by atoms with Crippen molar-refractivity contribution < 1.29 is 9.66 Å². The minimum absolute atomic E-state index is 0.0713. The van der Waals surface area contributed by atoms with E-state index in [-0.39, 0.29) is 22.4 Å². The first-order valence-electron chi connectivity index (χ1n) is 6.22. The summed E-state index contributed by atoms with van der Waals surface area (Å²) in [5, 5.41) is 14.3. The lowest BCUT2D eigenvalue weighted by Gasteiger charge is -2.36. The van der Waals surface area contributed by atoms with Gasteiger partial charge in [-0.3, -0.25) is 10.1 Å². The maximum atomic E-state index is 10.8. The number of nitro groups is 1. The van der Waals surface area contributed by atoms with Gasteiger partial charge < -0.3 is 10.1 Å². The molecule has 5 nitrogen and oxygen atoms in total. The van der Waals surface area contributed by atoms with Gasteiger partial charge in [0.1, 0.15) is 5.02 Å². The third kappa shape index (κ3) is 3.58. The van der Waals surface area contributed by atoms with Crippen LogP contribution < -0.4 is 5.32 Å². The Hall–Kier alpha value is -1.33. The number of benzene rings is 1. The van der Waals surface area contributed by atoms with Crippen molar-refractivity contribution in [2.24, 2.45) is 0 Å². The molecular formula is C13H17ClN2O3. The van der Waals surface area contributed by atoms with E-state index in [1.807, 2.05) is 13.8 Å². The zero-order valence-corrected chi connectivity index (χ0v) is 11.7.